The van der Waals surface area contributed by atoms with Crippen LogP contribution in [0.1, 0.15) is 12.5 Å². The fourth-order valence-electron chi connectivity index (χ4n) is 1.57. The number of rotatable bonds is 2. The van der Waals surface area contributed by atoms with Crippen molar-refractivity contribution in [1.29, 1.82) is 0 Å². The molecule has 0 aromatic heterocycles. The van der Waals surface area contributed by atoms with Gasteiger partial charge in [0, 0.05) is 19.8 Å². The van der Waals surface area contributed by atoms with Crippen molar-refractivity contribution >= 4 is 0 Å². The lowest BCUT2D eigenvalue weighted by Crippen LogP contribution is -3.00. The van der Waals surface area contributed by atoms with Crippen LogP contribution in [0.5, 0.6) is 0 Å². The highest BCUT2D eigenvalue weighted by molar-refractivity contribution is 5.42. The molecule has 0 N–H and O–H groups in total. The average Bonchev–Trinajstić information content (AvgIpc) is 2.53. The standard InChI is InChI=1S/C13H13.ClH/c1-11-7-8-13(9-11)10-12-5-3-2-4-6-12;/h2-9H,10H2,1H3;1H/q+1;/p-1. The second-order valence-corrected chi connectivity index (χ2v) is 3.46. The van der Waals surface area contributed by atoms with Crippen LogP contribution in [0.15, 0.2) is 53.6 Å². The third kappa shape index (κ3) is 2.68. The van der Waals surface area contributed by atoms with Gasteiger partial charge in [-0.1, -0.05) is 30.3 Å². The predicted molar refractivity (Wildman–Crippen MR) is 56.3 cm³/mol. The molecule has 2 rings (SSSR count). The summed E-state index contributed by atoms with van der Waals surface area (Å²) in [6.45, 7) is 2.13. The summed E-state index contributed by atoms with van der Waals surface area (Å²) in [6.07, 6.45) is 7.66. The fourth-order valence-corrected chi connectivity index (χ4v) is 1.57. The lowest BCUT2D eigenvalue weighted by atomic mass is 10.0. The maximum atomic E-state index is 2.24. The molecule has 1 aromatic carbocycles. The number of hydrogen-bond donors (Lipinski definition) is 0. The van der Waals surface area contributed by atoms with E-state index in [1.165, 1.54) is 16.7 Å². The Morgan fingerprint density at radius 1 is 1.14 bits per heavy atom. The van der Waals surface area contributed by atoms with E-state index in [1.54, 1.807) is 0 Å². The molecule has 1 aromatic rings. The highest BCUT2D eigenvalue weighted by Gasteiger charge is 2.12. The molecular weight excluding hydrogens is 192 g/mol. The van der Waals surface area contributed by atoms with Crippen molar-refractivity contribution in [2.24, 2.45) is 0 Å². The van der Waals surface area contributed by atoms with E-state index in [-0.39, 0.29) is 12.4 Å². The molecule has 0 bridgehead atoms. The Kier molecular flexibility index (Phi) is 3.84. The minimum atomic E-state index is 0. The maximum absolute atomic E-state index is 2.24. The van der Waals surface area contributed by atoms with Crippen LogP contribution in [0.3, 0.4) is 0 Å². The molecule has 1 aliphatic carbocycles. The first-order chi connectivity index (χ1) is 6.34. The van der Waals surface area contributed by atoms with Crippen molar-refractivity contribution in [3.63, 3.8) is 0 Å². The van der Waals surface area contributed by atoms with Crippen LogP contribution in [-0.2, 0) is 6.42 Å². The minimum absolute atomic E-state index is 0. The third-order valence-electron chi connectivity index (χ3n) is 2.22. The lowest BCUT2D eigenvalue weighted by molar-refractivity contribution is -0.00000266. The van der Waals surface area contributed by atoms with E-state index < -0.39 is 0 Å². The summed E-state index contributed by atoms with van der Waals surface area (Å²) < 4.78 is 0. The van der Waals surface area contributed by atoms with Crippen LogP contribution in [0.4, 0.5) is 0 Å². The molecule has 14 heavy (non-hydrogen) atoms. The number of benzene rings is 1. The van der Waals surface area contributed by atoms with Gasteiger partial charge in [-0.15, -0.1) is 0 Å². The second kappa shape index (κ2) is 4.92. The van der Waals surface area contributed by atoms with Crippen LogP contribution >= 0.6 is 0 Å². The highest BCUT2D eigenvalue weighted by atomic mass is 35.5. The second-order valence-electron chi connectivity index (χ2n) is 3.46. The van der Waals surface area contributed by atoms with Gasteiger partial charge in [0.1, 0.15) is 0 Å². The summed E-state index contributed by atoms with van der Waals surface area (Å²) in [6, 6.07) is 10.6. The van der Waals surface area contributed by atoms with Gasteiger partial charge in [-0.25, -0.2) is 0 Å². The number of hydrogen-bond acceptors (Lipinski definition) is 0. The van der Waals surface area contributed by atoms with Crippen molar-refractivity contribution in [1.82, 2.24) is 0 Å². The van der Waals surface area contributed by atoms with Gasteiger partial charge in [0.05, 0.1) is 23.3 Å². The number of allylic oxidation sites excluding steroid dienone is 4. The van der Waals surface area contributed by atoms with Crippen LogP contribution in [0.25, 0.3) is 0 Å². The Morgan fingerprint density at radius 2 is 1.86 bits per heavy atom. The lowest BCUT2D eigenvalue weighted by Gasteiger charge is -1.96. The Labute approximate surface area is 91.8 Å². The summed E-state index contributed by atoms with van der Waals surface area (Å²) in [4.78, 5) is 0. The zero-order valence-corrected chi connectivity index (χ0v) is 8.96. The smallest absolute Gasteiger partial charge is 0.0904 e. The van der Waals surface area contributed by atoms with E-state index in [2.05, 4.69) is 55.8 Å². The monoisotopic (exact) mass is 204 g/mol. The third-order valence-corrected chi connectivity index (χ3v) is 2.22. The number of halogens is 1. The SMILES string of the molecule is CC1=C[CH+]C(Cc2ccccc2)=C1.[Cl-]. The molecule has 0 amide bonds. The molecular formula is C13H13Cl. The normalized spacial score (nSPS) is 13.8. The Morgan fingerprint density at radius 3 is 2.43 bits per heavy atom. The molecule has 0 unspecified atom stereocenters. The molecule has 0 saturated heterocycles. The summed E-state index contributed by atoms with van der Waals surface area (Å²) in [5, 5.41) is 0. The molecule has 1 heteroatoms. The predicted octanol–water partition coefficient (Wildman–Crippen LogP) is 0.324. The molecule has 0 fully saturated rings. The molecule has 1 aliphatic rings. The zero-order chi connectivity index (χ0) is 9.10. The summed E-state index contributed by atoms with van der Waals surface area (Å²) >= 11 is 0. The van der Waals surface area contributed by atoms with E-state index in [0.717, 1.165) is 6.42 Å². The van der Waals surface area contributed by atoms with E-state index in [0.29, 0.717) is 0 Å². The molecule has 72 valence electrons. The van der Waals surface area contributed by atoms with Crippen molar-refractivity contribution in [2.75, 3.05) is 0 Å². The molecule has 0 atom stereocenters. The van der Waals surface area contributed by atoms with Crippen LogP contribution in [0, 0.1) is 6.42 Å². The largest absolute Gasteiger partial charge is 1.00 e. The van der Waals surface area contributed by atoms with E-state index >= 15 is 0 Å². The van der Waals surface area contributed by atoms with Gasteiger partial charge in [-0.05, 0) is 5.56 Å². The molecule has 0 saturated carbocycles. The van der Waals surface area contributed by atoms with Crippen molar-refractivity contribution in [2.45, 2.75) is 13.3 Å². The van der Waals surface area contributed by atoms with E-state index in [1.807, 2.05) is 0 Å². The molecule has 0 heterocycles. The molecule has 0 nitrogen and oxygen atoms in total. The first-order valence-electron chi connectivity index (χ1n) is 4.61. The topological polar surface area (TPSA) is 0 Å². The van der Waals surface area contributed by atoms with Crippen molar-refractivity contribution in [3.8, 4) is 0 Å². The van der Waals surface area contributed by atoms with E-state index in [4.69, 9.17) is 0 Å². The van der Waals surface area contributed by atoms with Crippen LogP contribution in [-0.4, -0.2) is 0 Å². The van der Waals surface area contributed by atoms with Crippen LogP contribution < -0.4 is 12.4 Å². The quantitative estimate of drug-likeness (QED) is 0.609. The van der Waals surface area contributed by atoms with Gasteiger partial charge in [0.2, 0.25) is 0 Å². The highest BCUT2D eigenvalue weighted by Crippen LogP contribution is 2.19. The Bertz CT molecular complexity index is 347. The van der Waals surface area contributed by atoms with Gasteiger partial charge < -0.3 is 12.4 Å². The van der Waals surface area contributed by atoms with Gasteiger partial charge in [-0.2, -0.15) is 0 Å². The van der Waals surface area contributed by atoms with E-state index in [9.17, 15) is 0 Å². The average molecular weight is 205 g/mol. The molecule has 0 aliphatic heterocycles. The summed E-state index contributed by atoms with van der Waals surface area (Å²) in [7, 11) is 0. The van der Waals surface area contributed by atoms with Crippen LogP contribution in [0.2, 0.25) is 0 Å². The van der Waals surface area contributed by atoms with Crippen molar-refractivity contribution in [3.05, 3.63) is 65.6 Å². The Hall–Kier alpha value is -1.14. The Balaban J connectivity index is 0.000000980. The summed E-state index contributed by atoms with van der Waals surface area (Å²) in [5.41, 5.74) is 4.14. The van der Waals surface area contributed by atoms with Gasteiger partial charge >= 0.3 is 0 Å². The first-order valence-corrected chi connectivity index (χ1v) is 4.61. The van der Waals surface area contributed by atoms with Gasteiger partial charge in [-0.3, -0.25) is 0 Å². The fraction of sp³-hybridized carbons (Fsp3) is 0.154. The summed E-state index contributed by atoms with van der Waals surface area (Å²) in [5.74, 6) is 0. The molecule has 0 radical (unpaired) electrons. The minimum Gasteiger partial charge on any atom is -1.00 e. The first kappa shape index (κ1) is 10.9. The zero-order valence-electron chi connectivity index (χ0n) is 8.20. The van der Waals surface area contributed by atoms with Crippen molar-refractivity contribution < 1.29 is 12.4 Å². The van der Waals surface area contributed by atoms with Gasteiger partial charge in [0.25, 0.3) is 0 Å². The van der Waals surface area contributed by atoms with Gasteiger partial charge in [0.15, 0.2) is 0 Å². The maximum Gasteiger partial charge on any atom is 0.0904 e. The molecule has 0 spiro atoms.